The first kappa shape index (κ1) is 8.72. The Bertz CT molecular complexity index is 138. The average Bonchev–Trinajstić information content (AvgIpc) is 2.71. The van der Waals surface area contributed by atoms with E-state index >= 15 is 0 Å². The molecule has 2 nitrogen and oxygen atoms in total. The van der Waals surface area contributed by atoms with Crippen molar-refractivity contribution in [1.82, 2.24) is 0 Å². The molecule has 1 aliphatic rings. The Morgan fingerprint density at radius 2 is 2.27 bits per heavy atom. The van der Waals surface area contributed by atoms with Gasteiger partial charge in [0, 0.05) is 6.42 Å². The van der Waals surface area contributed by atoms with E-state index < -0.39 is 0 Å². The zero-order valence-corrected chi connectivity index (χ0v) is 7.18. The van der Waals surface area contributed by atoms with E-state index in [-0.39, 0.29) is 11.8 Å². The maximum absolute atomic E-state index is 11.0. The topological polar surface area (TPSA) is 43.1 Å². The van der Waals surface area contributed by atoms with Crippen molar-refractivity contribution in [2.75, 3.05) is 0 Å². The fraction of sp³-hybridized carbons (Fsp3) is 0.889. The van der Waals surface area contributed by atoms with Crippen LogP contribution in [-0.4, -0.2) is 11.8 Å². The predicted molar refractivity (Wildman–Crippen MR) is 45.2 cm³/mol. The van der Waals surface area contributed by atoms with Crippen molar-refractivity contribution in [1.29, 1.82) is 0 Å². The summed E-state index contributed by atoms with van der Waals surface area (Å²) in [6.45, 7) is 1.76. The van der Waals surface area contributed by atoms with E-state index in [1.807, 2.05) is 0 Å². The van der Waals surface area contributed by atoms with E-state index in [9.17, 15) is 4.79 Å². The van der Waals surface area contributed by atoms with E-state index in [4.69, 9.17) is 5.73 Å². The molecule has 1 rings (SSSR count). The van der Waals surface area contributed by atoms with Crippen LogP contribution in [0.1, 0.15) is 39.0 Å². The minimum absolute atomic E-state index is 0.214. The van der Waals surface area contributed by atoms with Crippen LogP contribution < -0.4 is 5.73 Å². The smallest absolute Gasteiger partial charge is 0.149 e. The van der Waals surface area contributed by atoms with Gasteiger partial charge >= 0.3 is 0 Å². The van der Waals surface area contributed by atoms with Gasteiger partial charge in [-0.15, -0.1) is 0 Å². The van der Waals surface area contributed by atoms with Crippen LogP contribution >= 0.6 is 0 Å². The van der Waals surface area contributed by atoms with Crippen molar-refractivity contribution in [3.05, 3.63) is 0 Å². The maximum Gasteiger partial charge on any atom is 0.149 e. The molecule has 0 saturated heterocycles. The van der Waals surface area contributed by atoms with Crippen molar-refractivity contribution in [3.8, 4) is 0 Å². The lowest BCUT2D eigenvalue weighted by atomic mass is 10.1. The number of hydrogen-bond donors (Lipinski definition) is 1. The Labute approximate surface area is 68.2 Å². The fourth-order valence-electron chi connectivity index (χ4n) is 1.20. The van der Waals surface area contributed by atoms with Crippen LogP contribution in [0.5, 0.6) is 0 Å². The summed E-state index contributed by atoms with van der Waals surface area (Å²) in [5.41, 5.74) is 5.42. The maximum atomic E-state index is 11.0. The molecule has 0 heterocycles. The SMILES string of the molecule is C[C@H](N)C(=O)CCCC1CC1. The summed E-state index contributed by atoms with van der Waals surface area (Å²) in [5, 5.41) is 0. The highest BCUT2D eigenvalue weighted by Crippen LogP contribution is 2.33. The molecule has 0 unspecified atom stereocenters. The molecule has 0 amide bonds. The van der Waals surface area contributed by atoms with Crippen LogP contribution in [0.15, 0.2) is 0 Å². The molecule has 64 valence electrons. The van der Waals surface area contributed by atoms with Gasteiger partial charge < -0.3 is 5.73 Å². The van der Waals surface area contributed by atoms with Gasteiger partial charge in [0.2, 0.25) is 0 Å². The Morgan fingerprint density at radius 1 is 1.64 bits per heavy atom. The van der Waals surface area contributed by atoms with Crippen molar-refractivity contribution < 1.29 is 4.79 Å². The van der Waals surface area contributed by atoms with Crippen LogP contribution in [0.3, 0.4) is 0 Å². The lowest BCUT2D eigenvalue weighted by Crippen LogP contribution is -2.26. The summed E-state index contributed by atoms with van der Waals surface area (Å²) in [6, 6.07) is -0.255. The van der Waals surface area contributed by atoms with E-state index in [2.05, 4.69) is 0 Å². The molecule has 0 aromatic carbocycles. The van der Waals surface area contributed by atoms with Crippen molar-refractivity contribution in [3.63, 3.8) is 0 Å². The van der Waals surface area contributed by atoms with Crippen LogP contribution in [0.4, 0.5) is 0 Å². The third-order valence-electron chi connectivity index (χ3n) is 2.24. The van der Waals surface area contributed by atoms with E-state index in [0.717, 1.165) is 12.3 Å². The largest absolute Gasteiger partial charge is 0.322 e. The summed E-state index contributed by atoms with van der Waals surface area (Å²) in [5.74, 6) is 1.15. The highest BCUT2D eigenvalue weighted by atomic mass is 16.1. The summed E-state index contributed by atoms with van der Waals surface area (Å²) >= 11 is 0. The summed E-state index contributed by atoms with van der Waals surface area (Å²) in [6.07, 6.45) is 5.73. The van der Waals surface area contributed by atoms with Gasteiger partial charge in [0.1, 0.15) is 5.78 Å². The number of nitrogens with two attached hydrogens (primary N) is 1. The molecule has 0 aromatic heterocycles. The minimum atomic E-state index is -0.255. The Kier molecular flexibility index (Phi) is 3.06. The van der Waals surface area contributed by atoms with Crippen molar-refractivity contribution >= 4 is 5.78 Å². The number of carbonyl (C=O) groups is 1. The highest BCUT2D eigenvalue weighted by Gasteiger charge is 2.20. The first-order valence-electron chi connectivity index (χ1n) is 4.48. The molecule has 2 N–H and O–H groups in total. The monoisotopic (exact) mass is 155 g/mol. The van der Waals surface area contributed by atoms with Crippen LogP contribution in [0, 0.1) is 5.92 Å². The minimum Gasteiger partial charge on any atom is -0.322 e. The van der Waals surface area contributed by atoms with Gasteiger partial charge in [0.15, 0.2) is 0 Å². The quantitative estimate of drug-likeness (QED) is 0.653. The molecular weight excluding hydrogens is 138 g/mol. The summed E-state index contributed by atoms with van der Waals surface area (Å²) in [4.78, 5) is 11.0. The molecule has 0 bridgehead atoms. The number of rotatable bonds is 5. The van der Waals surface area contributed by atoms with Crippen molar-refractivity contribution in [2.24, 2.45) is 11.7 Å². The zero-order valence-electron chi connectivity index (χ0n) is 7.18. The molecule has 0 aromatic rings. The standard InChI is InChI=1S/C9H17NO/c1-7(10)9(11)4-2-3-8-5-6-8/h7-8H,2-6,10H2,1H3/t7-/m0/s1. The first-order valence-corrected chi connectivity index (χ1v) is 4.48. The van der Waals surface area contributed by atoms with Crippen molar-refractivity contribution in [2.45, 2.75) is 45.1 Å². The number of hydrogen-bond acceptors (Lipinski definition) is 2. The van der Waals surface area contributed by atoms with Gasteiger partial charge in [0.25, 0.3) is 0 Å². The van der Waals surface area contributed by atoms with Crippen LogP contribution in [0.2, 0.25) is 0 Å². The molecule has 0 spiro atoms. The number of carbonyl (C=O) groups excluding carboxylic acids is 1. The lowest BCUT2D eigenvalue weighted by Gasteiger charge is -2.02. The van der Waals surface area contributed by atoms with Gasteiger partial charge in [-0.05, 0) is 19.3 Å². The van der Waals surface area contributed by atoms with Gasteiger partial charge in [-0.25, -0.2) is 0 Å². The molecule has 1 fully saturated rings. The lowest BCUT2D eigenvalue weighted by molar-refractivity contribution is -0.120. The number of ketones is 1. The van der Waals surface area contributed by atoms with Gasteiger partial charge in [-0.3, -0.25) is 4.79 Å². The second-order valence-electron chi connectivity index (χ2n) is 3.59. The Balaban J connectivity index is 1.96. The zero-order chi connectivity index (χ0) is 8.27. The summed E-state index contributed by atoms with van der Waals surface area (Å²) < 4.78 is 0. The molecule has 0 radical (unpaired) electrons. The summed E-state index contributed by atoms with van der Waals surface area (Å²) in [7, 11) is 0. The number of Topliss-reactive ketones (excluding diaryl/α,β-unsaturated/α-hetero) is 1. The Morgan fingerprint density at radius 3 is 2.73 bits per heavy atom. The van der Waals surface area contributed by atoms with E-state index in [1.54, 1.807) is 6.92 Å². The molecular formula is C9H17NO. The van der Waals surface area contributed by atoms with Gasteiger partial charge in [-0.2, -0.15) is 0 Å². The third kappa shape index (κ3) is 3.51. The van der Waals surface area contributed by atoms with E-state index in [0.29, 0.717) is 6.42 Å². The molecule has 11 heavy (non-hydrogen) atoms. The predicted octanol–water partition coefficient (Wildman–Crippen LogP) is 1.48. The van der Waals surface area contributed by atoms with Gasteiger partial charge in [0.05, 0.1) is 6.04 Å². The molecule has 1 aliphatic carbocycles. The van der Waals surface area contributed by atoms with Crippen LogP contribution in [0.25, 0.3) is 0 Å². The third-order valence-corrected chi connectivity index (χ3v) is 2.24. The van der Waals surface area contributed by atoms with Crippen LogP contribution in [-0.2, 0) is 4.79 Å². The Hall–Kier alpha value is -0.370. The fourth-order valence-corrected chi connectivity index (χ4v) is 1.20. The molecule has 1 atom stereocenters. The normalized spacial score (nSPS) is 19.8. The highest BCUT2D eigenvalue weighted by molar-refractivity contribution is 5.83. The second kappa shape index (κ2) is 3.86. The van der Waals surface area contributed by atoms with E-state index in [1.165, 1.54) is 19.3 Å². The molecule has 1 saturated carbocycles. The molecule has 2 heteroatoms. The average molecular weight is 155 g/mol. The molecule has 0 aliphatic heterocycles. The first-order chi connectivity index (χ1) is 5.20. The second-order valence-corrected chi connectivity index (χ2v) is 3.59. The van der Waals surface area contributed by atoms with Gasteiger partial charge in [-0.1, -0.05) is 19.3 Å².